The van der Waals surface area contributed by atoms with Crippen LogP contribution in [-0.2, 0) is 16.1 Å². The van der Waals surface area contributed by atoms with Crippen molar-refractivity contribution in [3.05, 3.63) is 69.3 Å². The third-order valence-corrected chi connectivity index (χ3v) is 5.51. The van der Waals surface area contributed by atoms with Crippen molar-refractivity contribution >= 4 is 34.4 Å². The summed E-state index contributed by atoms with van der Waals surface area (Å²) in [6, 6.07) is 9.04. The minimum Gasteiger partial charge on any atom is -0.481 e. The Kier molecular flexibility index (Phi) is 7.30. The largest absolute Gasteiger partial charge is 0.481 e. The van der Waals surface area contributed by atoms with Gasteiger partial charge < -0.3 is 25.4 Å². The number of aromatic nitrogens is 2. The van der Waals surface area contributed by atoms with Crippen LogP contribution in [0.3, 0.4) is 0 Å². The third kappa shape index (κ3) is 5.77. The zero-order chi connectivity index (χ0) is 25.0. The van der Waals surface area contributed by atoms with E-state index >= 15 is 0 Å². The Hall–Kier alpha value is -4.21. The Bertz CT molecular complexity index is 1300. The van der Waals surface area contributed by atoms with Gasteiger partial charge in [0, 0.05) is 31.3 Å². The van der Waals surface area contributed by atoms with Crippen LogP contribution >= 0.6 is 0 Å². The molecule has 0 saturated heterocycles. The Balaban J connectivity index is 1.72. The van der Waals surface area contributed by atoms with E-state index in [9.17, 15) is 24.3 Å². The van der Waals surface area contributed by atoms with Crippen molar-refractivity contribution in [1.82, 2.24) is 15.3 Å². The highest BCUT2D eigenvalue weighted by Crippen LogP contribution is 2.21. The zero-order valence-corrected chi connectivity index (χ0v) is 19.1. The average molecular weight is 466 g/mol. The number of anilines is 1. The van der Waals surface area contributed by atoms with Gasteiger partial charge in [0.25, 0.3) is 11.5 Å². The maximum atomic E-state index is 12.4. The number of carbonyl (C=O) groups excluding carboxylic acids is 1. The highest BCUT2D eigenvalue weighted by atomic mass is 16.4. The number of benzene rings is 2. The van der Waals surface area contributed by atoms with E-state index in [0.717, 1.165) is 16.8 Å². The van der Waals surface area contributed by atoms with E-state index in [2.05, 4.69) is 15.3 Å². The van der Waals surface area contributed by atoms with E-state index in [4.69, 9.17) is 5.11 Å². The van der Waals surface area contributed by atoms with Crippen LogP contribution in [0.15, 0.2) is 41.2 Å². The van der Waals surface area contributed by atoms with E-state index in [1.165, 1.54) is 0 Å². The fourth-order valence-corrected chi connectivity index (χ4v) is 3.60. The minimum atomic E-state index is -1.29. The first kappa shape index (κ1) is 24.4. The molecular formula is C24H26N4O6. The number of amides is 1. The first-order valence-corrected chi connectivity index (χ1v) is 10.6. The van der Waals surface area contributed by atoms with Crippen LogP contribution in [0.5, 0.6) is 0 Å². The van der Waals surface area contributed by atoms with Gasteiger partial charge in [-0.05, 0) is 67.8 Å². The molecule has 3 aromatic rings. The molecule has 1 aromatic heterocycles. The molecule has 0 fully saturated rings. The van der Waals surface area contributed by atoms with Crippen LogP contribution in [-0.4, -0.2) is 51.1 Å². The summed E-state index contributed by atoms with van der Waals surface area (Å²) in [5.41, 5.74) is 3.47. The molecule has 178 valence electrons. The van der Waals surface area contributed by atoms with Gasteiger partial charge in [0.05, 0.1) is 10.9 Å². The number of aromatic amines is 1. The van der Waals surface area contributed by atoms with Crippen LogP contribution in [0.4, 0.5) is 5.69 Å². The summed E-state index contributed by atoms with van der Waals surface area (Å²) in [5, 5.41) is 20.8. The van der Waals surface area contributed by atoms with Crippen molar-refractivity contribution in [1.29, 1.82) is 0 Å². The van der Waals surface area contributed by atoms with Crippen molar-refractivity contribution in [2.75, 3.05) is 11.9 Å². The number of hydrogen-bond donors (Lipinski definition) is 4. The molecule has 0 aliphatic heterocycles. The van der Waals surface area contributed by atoms with Gasteiger partial charge in [-0.1, -0.05) is 0 Å². The summed E-state index contributed by atoms with van der Waals surface area (Å²) < 4.78 is 0. The van der Waals surface area contributed by atoms with Crippen LogP contribution < -0.4 is 15.8 Å². The molecule has 0 radical (unpaired) electrons. The number of carboxylic acid groups (broad SMARTS) is 2. The molecule has 1 heterocycles. The van der Waals surface area contributed by atoms with Gasteiger partial charge in [-0.3, -0.25) is 14.4 Å². The molecule has 0 bridgehead atoms. The van der Waals surface area contributed by atoms with E-state index in [-0.39, 0.29) is 24.0 Å². The first-order chi connectivity index (χ1) is 16.0. The molecule has 0 saturated carbocycles. The van der Waals surface area contributed by atoms with E-state index < -0.39 is 23.9 Å². The molecule has 3 rings (SSSR count). The predicted octanol–water partition coefficient (Wildman–Crippen LogP) is 2.22. The van der Waals surface area contributed by atoms with Crippen molar-refractivity contribution in [2.24, 2.45) is 0 Å². The molecule has 4 N–H and O–H groups in total. The Morgan fingerprint density at radius 2 is 1.79 bits per heavy atom. The number of fused-ring (bicyclic) bond motifs is 1. The first-order valence-electron chi connectivity index (χ1n) is 10.6. The van der Waals surface area contributed by atoms with Crippen molar-refractivity contribution in [2.45, 2.75) is 39.3 Å². The van der Waals surface area contributed by atoms with Crippen LogP contribution in [0.2, 0.25) is 0 Å². The summed E-state index contributed by atoms with van der Waals surface area (Å²) in [6.07, 6.45) is -0.572. The normalized spacial score (nSPS) is 11.7. The molecule has 0 aliphatic carbocycles. The SMILES string of the molecule is Cc1nc2cc(C)c(CN(C)c3ccc(C(=O)N[C@@H](CCC(=O)O)C(=O)O)cc3)cc2c(=O)[nH]1. The van der Waals surface area contributed by atoms with Crippen LogP contribution in [0.25, 0.3) is 10.9 Å². The van der Waals surface area contributed by atoms with Gasteiger partial charge in [-0.25, -0.2) is 9.78 Å². The lowest BCUT2D eigenvalue weighted by Crippen LogP contribution is -2.41. The number of hydrogen-bond acceptors (Lipinski definition) is 6. The quantitative estimate of drug-likeness (QED) is 0.374. The second-order valence-corrected chi connectivity index (χ2v) is 8.15. The Morgan fingerprint density at radius 3 is 2.41 bits per heavy atom. The molecule has 0 aliphatic rings. The maximum absolute atomic E-state index is 12.4. The number of carboxylic acids is 2. The summed E-state index contributed by atoms with van der Waals surface area (Å²) >= 11 is 0. The molecule has 10 heteroatoms. The maximum Gasteiger partial charge on any atom is 0.326 e. The summed E-state index contributed by atoms with van der Waals surface area (Å²) in [5.74, 6) is -2.46. The molecule has 10 nitrogen and oxygen atoms in total. The highest BCUT2D eigenvalue weighted by molar-refractivity contribution is 5.97. The fraction of sp³-hybridized carbons (Fsp3) is 0.292. The van der Waals surface area contributed by atoms with Gasteiger partial charge in [0.15, 0.2) is 0 Å². The highest BCUT2D eigenvalue weighted by Gasteiger charge is 2.21. The number of carbonyl (C=O) groups is 3. The number of nitrogens with zero attached hydrogens (tertiary/aromatic N) is 2. The second-order valence-electron chi connectivity index (χ2n) is 8.15. The predicted molar refractivity (Wildman–Crippen MR) is 126 cm³/mol. The van der Waals surface area contributed by atoms with Crippen LogP contribution in [0.1, 0.15) is 40.2 Å². The number of rotatable bonds is 9. The molecule has 0 spiro atoms. The molecule has 2 aromatic carbocycles. The van der Waals surface area contributed by atoms with Crippen molar-refractivity contribution in [3.8, 4) is 0 Å². The zero-order valence-electron chi connectivity index (χ0n) is 19.1. The summed E-state index contributed by atoms with van der Waals surface area (Å²) in [6.45, 7) is 4.20. The number of aryl methyl sites for hydroxylation is 2. The lowest BCUT2D eigenvalue weighted by atomic mass is 10.0. The van der Waals surface area contributed by atoms with Crippen molar-refractivity contribution < 1.29 is 24.6 Å². The number of H-pyrrole nitrogens is 1. The lowest BCUT2D eigenvalue weighted by Gasteiger charge is -2.21. The number of nitrogens with one attached hydrogen (secondary N) is 2. The molecule has 1 amide bonds. The van der Waals surface area contributed by atoms with Gasteiger partial charge in [-0.2, -0.15) is 0 Å². The summed E-state index contributed by atoms with van der Waals surface area (Å²) in [4.78, 5) is 55.8. The van der Waals surface area contributed by atoms with Gasteiger partial charge in [-0.15, -0.1) is 0 Å². The van der Waals surface area contributed by atoms with Crippen molar-refractivity contribution in [3.63, 3.8) is 0 Å². The standard InChI is InChI=1S/C24H26N4O6/c1-13-10-20-18(23(32)26-14(2)25-20)11-16(13)12-28(3)17-6-4-15(5-7-17)22(31)27-19(24(33)34)8-9-21(29)30/h4-7,10-11,19H,8-9,12H2,1-3H3,(H,27,31)(H,29,30)(H,33,34)(H,25,26,32)/t19-/m0/s1. The molecule has 0 unspecified atom stereocenters. The lowest BCUT2D eigenvalue weighted by molar-refractivity contribution is -0.140. The smallest absolute Gasteiger partial charge is 0.326 e. The molecular weight excluding hydrogens is 440 g/mol. The summed E-state index contributed by atoms with van der Waals surface area (Å²) in [7, 11) is 1.88. The fourth-order valence-electron chi connectivity index (χ4n) is 3.60. The Morgan fingerprint density at radius 1 is 1.12 bits per heavy atom. The van der Waals surface area contributed by atoms with Crippen LogP contribution in [0, 0.1) is 13.8 Å². The average Bonchev–Trinajstić information content (AvgIpc) is 2.77. The Labute approximate surface area is 195 Å². The van der Waals surface area contributed by atoms with Gasteiger partial charge in [0.2, 0.25) is 0 Å². The number of aliphatic carboxylic acids is 2. The molecule has 1 atom stereocenters. The van der Waals surface area contributed by atoms with E-state index in [0.29, 0.717) is 23.3 Å². The van der Waals surface area contributed by atoms with Gasteiger partial charge in [0.1, 0.15) is 11.9 Å². The monoisotopic (exact) mass is 466 g/mol. The second kappa shape index (κ2) is 10.2. The third-order valence-electron chi connectivity index (χ3n) is 5.51. The van der Waals surface area contributed by atoms with E-state index in [1.54, 1.807) is 31.2 Å². The minimum absolute atomic E-state index is 0.190. The topological polar surface area (TPSA) is 153 Å². The van der Waals surface area contributed by atoms with E-state index in [1.807, 2.05) is 31.0 Å². The molecule has 34 heavy (non-hydrogen) atoms. The van der Waals surface area contributed by atoms with Gasteiger partial charge >= 0.3 is 11.9 Å².